The van der Waals surface area contributed by atoms with E-state index in [9.17, 15) is 4.79 Å². The van der Waals surface area contributed by atoms with Crippen LogP contribution in [0.3, 0.4) is 0 Å². The maximum atomic E-state index is 11.2. The van der Waals surface area contributed by atoms with E-state index < -0.39 is 0 Å². The topological polar surface area (TPSA) is 45.2 Å². The van der Waals surface area contributed by atoms with Gasteiger partial charge in [0.05, 0.1) is 17.6 Å². The molecule has 96 valence electrons. The molecule has 1 N–H and O–H groups in total. The smallest absolute Gasteiger partial charge is 0.221 e. The molecule has 0 saturated heterocycles. The number of halogens is 1. The highest BCUT2D eigenvalue weighted by atomic mass is 35.5. The SMILES string of the molecule is CNC(=O)CCN(C)C(C)c1nc(CCl)cs1. The van der Waals surface area contributed by atoms with Crippen LogP contribution < -0.4 is 5.32 Å². The van der Waals surface area contributed by atoms with Gasteiger partial charge in [-0.1, -0.05) is 0 Å². The van der Waals surface area contributed by atoms with Gasteiger partial charge in [-0.2, -0.15) is 0 Å². The summed E-state index contributed by atoms with van der Waals surface area (Å²) in [5, 5.41) is 5.64. The quantitative estimate of drug-likeness (QED) is 0.808. The number of carbonyl (C=O) groups excluding carboxylic acids is 1. The van der Waals surface area contributed by atoms with E-state index in [4.69, 9.17) is 11.6 Å². The summed E-state index contributed by atoms with van der Waals surface area (Å²) in [6.07, 6.45) is 0.505. The highest BCUT2D eigenvalue weighted by molar-refractivity contribution is 7.09. The lowest BCUT2D eigenvalue weighted by Gasteiger charge is -2.22. The average molecular weight is 276 g/mol. The molecule has 0 aliphatic rings. The third-order valence-corrected chi connectivity index (χ3v) is 4.03. The van der Waals surface area contributed by atoms with Crippen LogP contribution in [0.2, 0.25) is 0 Å². The number of nitrogens with zero attached hydrogens (tertiary/aromatic N) is 2. The summed E-state index contributed by atoms with van der Waals surface area (Å²) >= 11 is 7.34. The molecule has 1 unspecified atom stereocenters. The third-order valence-electron chi connectivity index (χ3n) is 2.70. The van der Waals surface area contributed by atoms with Crippen LogP contribution in [-0.4, -0.2) is 36.4 Å². The van der Waals surface area contributed by atoms with Gasteiger partial charge in [0.25, 0.3) is 0 Å². The van der Waals surface area contributed by atoms with Crippen molar-refractivity contribution in [3.05, 3.63) is 16.1 Å². The fraction of sp³-hybridized carbons (Fsp3) is 0.636. The van der Waals surface area contributed by atoms with E-state index in [-0.39, 0.29) is 11.9 Å². The molecule has 0 aliphatic heterocycles. The summed E-state index contributed by atoms with van der Waals surface area (Å²) in [4.78, 5) is 17.7. The zero-order valence-electron chi connectivity index (χ0n) is 10.4. The first-order valence-electron chi connectivity index (χ1n) is 5.49. The maximum Gasteiger partial charge on any atom is 0.221 e. The van der Waals surface area contributed by atoms with Crippen LogP contribution in [0.4, 0.5) is 0 Å². The molecule has 0 saturated carbocycles. The number of carbonyl (C=O) groups is 1. The van der Waals surface area contributed by atoms with Crippen molar-refractivity contribution in [2.24, 2.45) is 0 Å². The van der Waals surface area contributed by atoms with Gasteiger partial charge in [0.2, 0.25) is 5.91 Å². The van der Waals surface area contributed by atoms with Gasteiger partial charge in [0.15, 0.2) is 0 Å². The zero-order chi connectivity index (χ0) is 12.8. The van der Waals surface area contributed by atoms with Crippen LogP contribution in [0.25, 0.3) is 0 Å². The zero-order valence-corrected chi connectivity index (χ0v) is 11.9. The van der Waals surface area contributed by atoms with E-state index in [1.165, 1.54) is 0 Å². The van der Waals surface area contributed by atoms with E-state index in [0.29, 0.717) is 12.3 Å². The summed E-state index contributed by atoms with van der Waals surface area (Å²) in [6, 6.07) is 0.210. The molecule has 1 amide bonds. The van der Waals surface area contributed by atoms with Crippen LogP contribution in [0.5, 0.6) is 0 Å². The van der Waals surface area contributed by atoms with Gasteiger partial charge in [-0.05, 0) is 14.0 Å². The Balaban J connectivity index is 2.50. The number of rotatable bonds is 6. The predicted molar refractivity (Wildman–Crippen MR) is 71.4 cm³/mol. The van der Waals surface area contributed by atoms with E-state index in [0.717, 1.165) is 17.2 Å². The highest BCUT2D eigenvalue weighted by Crippen LogP contribution is 2.23. The van der Waals surface area contributed by atoms with Gasteiger partial charge < -0.3 is 5.32 Å². The van der Waals surface area contributed by atoms with E-state index in [2.05, 4.69) is 22.1 Å². The number of thiazole rings is 1. The molecule has 1 aromatic rings. The molecule has 1 atom stereocenters. The second kappa shape index (κ2) is 6.93. The molecule has 1 aromatic heterocycles. The summed E-state index contributed by atoms with van der Waals surface area (Å²) in [6.45, 7) is 2.80. The summed E-state index contributed by atoms with van der Waals surface area (Å²) in [5.41, 5.74) is 0.915. The normalized spacial score (nSPS) is 12.8. The molecule has 0 aliphatic carbocycles. The van der Waals surface area contributed by atoms with Gasteiger partial charge in [-0.3, -0.25) is 9.69 Å². The van der Waals surface area contributed by atoms with E-state index in [1.807, 2.05) is 12.4 Å². The molecule has 0 aromatic carbocycles. The Morgan fingerprint density at radius 1 is 1.71 bits per heavy atom. The van der Waals surface area contributed by atoms with Crippen molar-refractivity contribution in [3.8, 4) is 0 Å². The van der Waals surface area contributed by atoms with E-state index in [1.54, 1.807) is 18.4 Å². The molecular weight excluding hydrogens is 258 g/mol. The van der Waals surface area contributed by atoms with Gasteiger partial charge in [0, 0.05) is 25.4 Å². The Kier molecular flexibility index (Phi) is 5.88. The number of alkyl halides is 1. The van der Waals surface area contributed by atoms with Crippen molar-refractivity contribution < 1.29 is 4.79 Å². The number of nitrogens with one attached hydrogen (secondary N) is 1. The molecule has 0 bridgehead atoms. The molecule has 1 heterocycles. The standard InChI is InChI=1S/C11H18ClN3OS/c1-8(11-14-9(6-12)7-17-11)15(3)5-4-10(16)13-2/h7-8H,4-6H2,1-3H3,(H,13,16). The Bertz CT molecular complexity index is 369. The fourth-order valence-corrected chi connectivity index (χ4v) is 2.53. The van der Waals surface area contributed by atoms with Crippen molar-refractivity contribution in [1.29, 1.82) is 0 Å². The minimum Gasteiger partial charge on any atom is -0.359 e. The summed E-state index contributed by atoms with van der Waals surface area (Å²) in [5.74, 6) is 0.509. The molecule has 0 spiro atoms. The first-order chi connectivity index (χ1) is 8.08. The second-order valence-electron chi connectivity index (χ2n) is 3.89. The number of aromatic nitrogens is 1. The second-order valence-corrected chi connectivity index (χ2v) is 5.05. The molecule has 6 heteroatoms. The summed E-state index contributed by atoms with van der Waals surface area (Å²) < 4.78 is 0. The molecule has 4 nitrogen and oxygen atoms in total. The minimum atomic E-state index is 0.0598. The molecule has 1 rings (SSSR count). The van der Waals surface area contributed by atoms with Crippen LogP contribution >= 0.6 is 22.9 Å². The van der Waals surface area contributed by atoms with Crippen LogP contribution in [0.15, 0.2) is 5.38 Å². The lowest BCUT2D eigenvalue weighted by Crippen LogP contribution is -2.28. The van der Waals surface area contributed by atoms with Crippen molar-refractivity contribution in [1.82, 2.24) is 15.2 Å². The third kappa shape index (κ3) is 4.26. The first kappa shape index (κ1) is 14.4. The van der Waals surface area contributed by atoms with E-state index >= 15 is 0 Å². The van der Waals surface area contributed by atoms with Gasteiger partial charge in [-0.15, -0.1) is 22.9 Å². The predicted octanol–water partition coefficient (Wildman–Crippen LogP) is 2.01. The number of hydrogen-bond donors (Lipinski definition) is 1. The van der Waals surface area contributed by atoms with Crippen molar-refractivity contribution in [2.75, 3.05) is 20.6 Å². The number of amides is 1. The maximum absolute atomic E-state index is 11.2. The molecule has 0 fully saturated rings. The van der Waals surface area contributed by atoms with Gasteiger partial charge >= 0.3 is 0 Å². The average Bonchev–Trinajstić information content (AvgIpc) is 2.83. The monoisotopic (exact) mass is 275 g/mol. The Morgan fingerprint density at radius 2 is 2.41 bits per heavy atom. The lowest BCUT2D eigenvalue weighted by atomic mass is 10.3. The molecular formula is C11H18ClN3OS. The van der Waals surface area contributed by atoms with Crippen molar-refractivity contribution >= 4 is 28.8 Å². The highest BCUT2D eigenvalue weighted by Gasteiger charge is 2.15. The van der Waals surface area contributed by atoms with Crippen molar-refractivity contribution in [3.63, 3.8) is 0 Å². The molecule has 0 radical (unpaired) electrons. The fourth-order valence-electron chi connectivity index (χ4n) is 1.36. The minimum absolute atomic E-state index is 0.0598. The Morgan fingerprint density at radius 3 is 2.94 bits per heavy atom. The Hall–Kier alpha value is -0.650. The largest absolute Gasteiger partial charge is 0.359 e. The Labute approximate surface area is 111 Å². The van der Waals surface area contributed by atoms with Gasteiger partial charge in [-0.25, -0.2) is 4.98 Å². The lowest BCUT2D eigenvalue weighted by molar-refractivity contribution is -0.120. The van der Waals surface area contributed by atoms with Crippen LogP contribution in [0, 0.1) is 0 Å². The van der Waals surface area contributed by atoms with Gasteiger partial charge in [0.1, 0.15) is 5.01 Å². The molecule has 17 heavy (non-hydrogen) atoms. The van der Waals surface area contributed by atoms with Crippen molar-refractivity contribution in [2.45, 2.75) is 25.3 Å². The number of hydrogen-bond acceptors (Lipinski definition) is 4. The summed E-state index contributed by atoms with van der Waals surface area (Å²) in [7, 11) is 3.65. The first-order valence-corrected chi connectivity index (χ1v) is 6.91. The van der Waals surface area contributed by atoms with Crippen LogP contribution in [0.1, 0.15) is 30.1 Å². The van der Waals surface area contributed by atoms with Crippen LogP contribution in [-0.2, 0) is 10.7 Å².